The summed E-state index contributed by atoms with van der Waals surface area (Å²) in [5, 5.41) is 0. The van der Waals surface area contributed by atoms with Crippen LogP contribution in [0.2, 0.25) is 0 Å². The molecule has 0 unspecified atom stereocenters. The molecule has 2 heterocycles. The van der Waals surface area contributed by atoms with Gasteiger partial charge < -0.3 is 9.64 Å². The van der Waals surface area contributed by atoms with Crippen molar-refractivity contribution in [2.24, 2.45) is 5.92 Å². The fraction of sp³-hybridized carbons (Fsp3) is 0.750. The van der Waals surface area contributed by atoms with E-state index in [1.54, 1.807) is 0 Å². The lowest BCUT2D eigenvalue weighted by Crippen LogP contribution is -2.52. The summed E-state index contributed by atoms with van der Waals surface area (Å²) >= 11 is 0. The maximum atomic E-state index is 11.5. The predicted octanol–water partition coefficient (Wildman–Crippen LogP) is 2.57. The van der Waals surface area contributed by atoms with Gasteiger partial charge in [-0.3, -0.25) is 0 Å². The Morgan fingerprint density at radius 3 is 3.00 bits per heavy atom. The molecule has 0 radical (unpaired) electrons. The summed E-state index contributed by atoms with van der Waals surface area (Å²) in [6.07, 6.45) is 5.62. The molecule has 0 bridgehead atoms. The number of fused-ring (bicyclic) bond motifs is 1. The van der Waals surface area contributed by atoms with Gasteiger partial charge in [0.1, 0.15) is 6.61 Å². The van der Waals surface area contributed by atoms with Crippen molar-refractivity contribution in [2.45, 2.75) is 39.2 Å². The summed E-state index contributed by atoms with van der Waals surface area (Å²) in [4.78, 5) is 13.5. The van der Waals surface area contributed by atoms with Gasteiger partial charge in [-0.1, -0.05) is 11.6 Å². The van der Waals surface area contributed by atoms with Gasteiger partial charge in [-0.25, -0.2) is 4.79 Å². The molecule has 0 aromatic carbocycles. The number of cyclic esters (lactones) is 1. The van der Waals surface area contributed by atoms with Crippen LogP contribution in [0.4, 0.5) is 4.79 Å². The van der Waals surface area contributed by atoms with E-state index in [0.717, 1.165) is 19.4 Å². The highest BCUT2D eigenvalue weighted by Crippen LogP contribution is 2.29. The number of carbonyl (C=O) groups is 1. The summed E-state index contributed by atoms with van der Waals surface area (Å²) < 4.78 is 5.20. The number of amides is 1. The van der Waals surface area contributed by atoms with Crippen molar-refractivity contribution < 1.29 is 9.53 Å². The van der Waals surface area contributed by atoms with E-state index < -0.39 is 0 Å². The molecule has 0 aromatic rings. The minimum Gasteiger partial charge on any atom is -0.449 e. The minimum absolute atomic E-state index is 0.113. The van der Waals surface area contributed by atoms with Crippen LogP contribution in [0.25, 0.3) is 0 Å². The Morgan fingerprint density at radius 1 is 1.47 bits per heavy atom. The van der Waals surface area contributed by atoms with Crippen LogP contribution >= 0.6 is 0 Å². The molecule has 0 saturated carbocycles. The smallest absolute Gasteiger partial charge is 0.410 e. The molecule has 2 aliphatic heterocycles. The minimum atomic E-state index is -0.113. The van der Waals surface area contributed by atoms with Gasteiger partial charge in [0.15, 0.2) is 0 Å². The third-order valence-electron chi connectivity index (χ3n) is 3.22. The molecule has 3 heteroatoms. The summed E-state index contributed by atoms with van der Waals surface area (Å²) in [5.74, 6) is 0.396. The van der Waals surface area contributed by atoms with Crippen LogP contribution in [-0.2, 0) is 4.74 Å². The molecule has 15 heavy (non-hydrogen) atoms. The molecular formula is C12H19NO2. The fourth-order valence-corrected chi connectivity index (χ4v) is 2.58. The topological polar surface area (TPSA) is 29.5 Å². The number of allylic oxidation sites excluding steroid dienone is 1. The highest BCUT2D eigenvalue weighted by Gasteiger charge is 2.37. The van der Waals surface area contributed by atoms with E-state index in [0.29, 0.717) is 18.6 Å². The van der Waals surface area contributed by atoms with Gasteiger partial charge in [0.2, 0.25) is 0 Å². The van der Waals surface area contributed by atoms with Crippen molar-refractivity contribution in [1.29, 1.82) is 0 Å². The van der Waals surface area contributed by atoms with Crippen LogP contribution < -0.4 is 0 Å². The lowest BCUT2D eigenvalue weighted by Gasteiger charge is -2.42. The molecule has 2 rings (SSSR count). The highest BCUT2D eigenvalue weighted by atomic mass is 16.6. The van der Waals surface area contributed by atoms with Crippen LogP contribution in [0.1, 0.15) is 33.1 Å². The van der Waals surface area contributed by atoms with Crippen LogP contribution in [0, 0.1) is 5.92 Å². The van der Waals surface area contributed by atoms with Crippen LogP contribution in [-0.4, -0.2) is 30.2 Å². The largest absolute Gasteiger partial charge is 0.449 e. The molecule has 0 N–H and O–H groups in total. The molecule has 2 fully saturated rings. The number of rotatable bonds is 1. The second kappa shape index (κ2) is 4.25. The number of nitrogens with zero attached hydrogens (tertiary/aromatic N) is 1. The van der Waals surface area contributed by atoms with E-state index >= 15 is 0 Å². The van der Waals surface area contributed by atoms with E-state index in [1.807, 2.05) is 4.90 Å². The van der Waals surface area contributed by atoms with E-state index in [9.17, 15) is 4.79 Å². The number of carbonyl (C=O) groups excluding carboxylic acids is 1. The van der Waals surface area contributed by atoms with Gasteiger partial charge in [0, 0.05) is 18.5 Å². The number of ether oxygens (including phenoxy) is 1. The molecule has 3 nitrogen and oxygen atoms in total. The highest BCUT2D eigenvalue weighted by molar-refractivity contribution is 5.69. The molecule has 0 aromatic heterocycles. The van der Waals surface area contributed by atoms with Gasteiger partial charge in [-0.05, 0) is 33.1 Å². The van der Waals surface area contributed by atoms with E-state index in [2.05, 4.69) is 19.9 Å². The first-order valence-corrected chi connectivity index (χ1v) is 5.77. The zero-order chi connectivity index (χ0) is 10.8. The van der Waals surface area contributed by atoms with Gasteiger partial charge in [0.25, 0.3) is 0 Å². The van der Waals surface area contributed by atoms with Crippen LogP contribution in [0.5, 0.6) is 0 Å². The van der Waals surface area contributed by atoms with Gasteiger partial charge in [0.05, 0.1) is 0 Å². The SMILES string of the molecule is CC(C)=C[C@@H]1COC(=O)N2CCCC[C@H]12. The Kier molecular flexibility index (Phi) is 2.98. The molecule has 84 valence electrons. The van der Waals surface area contributed by atoms with Gasteiger partial charge in [-0.2, -0.15) is 0 Å². The number of hydrogen-bond acceptors (Lipinski definition) is 2. The van der Waals surface area contributed by atoms with Crippen molar-refractivity contribution in [2.75, 3.05) is 13.2 Å². The Bertz CT molecular complexity index is 281. The Labute approximate surface area is 91.1 Å². The zero-order valence-electron chi connectivity index (χ0n) is 9.53. The molecule has 2 saturated heterocycles. The van der Waals surface area contributed by atoms with E-state index in [-0.39, 0.29) is 6.09 Å². The van der Waals surface area contributed by atoms with Crippen molar-refractivity contribution in [3.8, 4) is 0 Å². The van der Waals surface area contributed by atoms with Crippen LogP contribution in [0.15, 0.2) is 11.6 Å². The summed E-state index contributed by atoms with van der Waals surface area (Å²) in [7, 11) is 0. The number of hydrogen-bond donors (Lipinski definition) is 0. The summed E-state index contributed by atoms with van der Waals surface area (Å²) in [6, 6.07) is 0.384. The average molecular weight is 209 g/mol. The molecule has 0 spiro atoms. The van der Waals surface area contributed by atoms with E-state index in [4.69, 9.17) is 4.74 Å². The molecular weight excluding hydrogens is 190 g/mol. The Morgan fingerprint density at radius 2 is 2.27 bits per heavy atom. The maximum Gasteiger partial charge on any atom is 0.410 e. The van der Waals surface area contributed by atoms with Gasteiger partial charge in [-0.15, -0.1) is 0 Å². The Hall–Kier alpha value is -0.990. The molecule has 1 amide bonds. The lowest BCUT2D eigenvalue weighted by atomic mass is 9.89. The van der Waals surface area contributed by atoms with Crippen molar-refractivity contribution in [3.05, 3.63) is 11.6 Å². The summed E-state index contributed by atoms with van der Waals surface area (Å²) in [5.41, 5.74) is 1.31. The predicted molar refractivity (Wildman–Crippen MR) is 58.6 cm³/mol. The van der Waals surface area contributed by atoms with Crippen molar-refractivity contribution >= 4 is 6.09 Å². The normalized spacial score (nSPS) is 30.5. The maximum absolute atomic E-state index is 11.5. The Balaban J connectivity index is 2.13. The molecule has 2 atom stereocenters. The number of piperidine rings is 1. The summed E-state index contributed by atoms with van der Waals surface area (Å²) in [6.45, 7) is 5.63. The zero-order valence-corrected chi connectivity index (χ0v) is 9.53. The average Bonchev–Trinajstić information content (AvgIpc) is 2.22. The van der Waals surface area contributed by atoms with Gasteiger partial charge >= 0.3 is 6.09 Å². The first-order valence-electron chi connectivity index (χ1n) is 5.77. The standard InChI is InChI=1S/C12H19NO2/c1-9(2)7-10-8-15-12(14)13-6-4-3-5-11(10)13/h7,10-11H,3-6,8H2,1-2H3/t10-,11-/m1/s1. The fourth-order valence-electron chi connectivity index (χ4n) is 2.58. The monoisotopic (exact) mass is 209 g/mol. The first-order chi connectivity index (χ1) is 7.18. The molecule has 0 aliphatic carbocycles. The molecule has 2 aliphatic rings. The van der Waals surface area contributed by atoms with Crippen LogP contribution in [0.3, 0.4) is 0 Å². The van der Waals surface area contributed by atoms with Crippen molar-refractivity contribution in [1.82, 2.24) is 4.90 Å². The first kappa shape index (κ1) is 10.5. The quantitative estimate of drug-likeness (QED) is 0.621. The third-order valence-corrected chi connectivity index (χ3v) is 3.22. The lowest BCUT2D eigenvalue weighted by molar-refractivity contribution is 0.00684. The van der Waals surface area contributed by atoms with E-state index in [1.165, 1.54) is 12.0 Å². The van der Waals surface area contributed by atoms with Crippen molar-refractivity contribution in [3.63, 3.8) is 0 Å². The second-order valence-electron chi connectivity index (χ2n) is 4.74. The third kappa shape index (κ3) is 2.16. The second-order valence-corrected chi connectivity index (χ2v) is 4.74.